The Balaban J connectivity index is 1.59. The number of ether oxygens (including phenoxy) is 1. The van der Waals surface area contributed by atoms with Gasteiger partial charge in [-0.25, -0.2) is 13.4 Å². The average Bonchev–Trinajstić information content (AvgIpc) is 3.10. The summed E-state index contributed by atoms with van der Waals surface area (Å²) in [6.07, 6.45) is 0.0385. The highest BCUT2D eigenvalue weighted by Crippen LogP contribution is 2.21. The largest absolute Gasteiger partial charge is 0.494 e. The lowest BCUT2D eigenvalue weighted by Crippen LogP contribution is -2.15. The molecule has 146 valence electrons. The topological polar surface area (TPSA) is 97.4 Å². The molecule has 28 heavy (non-hydrogen) atoms. The number of sulfonamides is 1. The standard InChI is InChI=1S/C19H19N3O4S2/c1-2-26-16-10-8-14(9-11-16)20-18(23)12-15-13-27-19(21-15)22-28(24,25)17-6-4-3-5-7-17/h3-11,13H,2,12H2,1H3,(H,20,23)(H,21,22). The molecule has 0 aliphatic heterocycles. The first-order valence-electron chi connectivity index (χ1n) is 8.51. The van der Waals surface area contributed by atoms with Gasteiger partial charge in [-0.05, 0) is 43.3 Å². The number of anilines is 2. The van der Waals surface area contributed by atoms with Crippen molar-refractivity contribution in [2.45, 2.75) is 18.2 Å². The van der Waals surface area contributed by atoms with Crippen LogP contribution in [-0.2, 0) is 21.2 Å². The monoisotopic (exact) mass is 417 g/mol. The molecule has 0 atom stereocenters. The highest BCUT2D eigenvalue weighted by Gasteiger charge is 2.16. The zero-order chi connectivity index (χ0) is 20.0. The number of thiazole rings is 1. The van der Waals surface area contributed by atoms with Crippen LogP contribution in [0.5, 0.6) is 5.75 Å². The Hall–Kier alpha value is -2.91. The first-order valence-corrected chi connectivity index (χ1v) is 10.9. The third kappa shape index (κ3) is 5.30. The maximum atomic E-state index is 12.3. The summed E-state index contributed by atoms with van der Waals surface area (Å²) in [7, 11) is -3.70. The second kappa shape index (κ2) is 8.85. The minimum Gasteiger partial charge on any atom is -0.494 e. The lowest BCUT2D eigenvalue weighted by Gasteiger charge is -2.06. The Morgan fingerprint density at radius 3 is 2.50 bits per heavy atom. The number of benzene rings is 2. The molecule has 0 radical (unpaired) electrons. The Morgan fingerprint density at radius 2 is 1.82 bits per heavy atom. The molecule has 0 saturated heterocycles. The van der Waals surface area contributed by atoms with Crippen LogP contribution < -0.4 is 14.8 Å². The fraction of sp³-hybridized carbons (Fsp3) is 0.158. The first kappa shape index (κ1) is 19.8. The molecule has 2 N–H and O–H groups in total. The van der Waals surface area contributed by atoms with Crippen molar-refractivity contribution in [1.82, 2.24) is 4.98 Å². The van der Waals surface area contributed by atoms with Crippen molar-refractivity contribution in [1.29, 1.82) is 0 Å². The van der Waals surface area contributed by atoms with Gasteiger partial charge in [0.15, 0.2) is 5.13 Å². The summed E-state index contributed by atoms with van der Waals surface area (Å²) in [4.78, 5) is 16.5. The van der Waals surface area contributed by atoms with Gasteiger partial charge in [0.25, 0.3) is 10.0 Å². The van der Waals surface area contributed by atoms with Gasteiger partial charge in [-0.1, -0.05) is 18.2 Å². The molecule has 1 heterocycles. The summed E-state index contributed by atoms with van der Waals surface area (Å²) >= 11 is 1.13. The summed E-state index contributed by atoms with van der Waals surface area (Å²) in [6.45, 7) is 2.48. The van der Waals surface area contributed by atoms with E-state index in [0.717, 1.165) is 17.1 Å². The second-order valence-electron chi connectivity index (χ2n) is 5.74. The predicted octanol–water partition coefficient (Wildman–Crippen LogP) is 3.52. The molecule has 9 heteroatoms. The number of hydrogen-bond acceptors (Lipinski definition) is 6. The van der Waals surface area contributed by atoms with Crippen molar-refractivity contribution in [3.05, 3.63) is 65.7 Å². The number of rotatable bonds is 8. The van der Waals surface area contributed by atoms with E-state index >= 15 is 0 Å². The summed E-state index contributed by atoms with van der Waals surface area (Å²) in [6, 6.07) is 15.1. The van der Waals surface area contributed by atoms with E-state index < -0.39 is 10.0 Å². The number of nitrogens with one attached hydrogen (secondary N) is 2. The van der Waals surface area contributed by atoms with E-state index in [2.05, 4.69) is 15.0 Å². The molecule has 1 aromatic heterocycles. The highest BCUT2D eigenvalue weighted by molar-refractivity contribution is 7.93. The lowest BCUT2D eigenvalue weighted by atomic mass is 10.2. The summed E-state index contributed by atoms with van der Waals surface area (Å²) in [5.41, 5.74) is 1.13. The lowest BCUT2D eigenvalue weighted by molar-refractivity contribution is -0.115. The number of aromatic nitrogens is 1. The molecule has 3 rings (SSSR count). The van der Waals surface area contributed by atoms with Crippen molar-refractivity contribution in [3.63, 3.8) is 0 Å². The van der Waals surface area contributed by atoms with Crippen molar-refractivity contribution in [2.24, 2.45) is 0 Å². The van der Waals surface area contributed by atoms with Crippen molar-refractivity contribution in [3.8, 4) is 5.75 Å². The third-order valence-corrected chi connectivity index (χ3v) is 5.91. The van der Waals surface area contributed by atoms with Crippen LogP contribution in [0.3, 0.4) is 0 Å². The zero-order valence-corrected chi connectivity index (χ0v) is 16.7. The molecule has 3 aromatic rings. The van der Waals surface area contributed by atoms with Crippen LogP contribution >= 0.6 is 11.3 Å². The maximum Gasteiger partial charge on any atom is 0.263 e. The summed E-state index contributed by atoms with van der Waals surface area (Å²) < 4.78 is 32.4. The number of carbonyl (C=O) groups is 1. The molecular formula is C19H19N3O4S2. The second-order valence-corrected chi connectivity index (χ2v) is 8.29. The minimum absolute atomic E-state index is 0.0385. The van der Waals surface area contributed by atoms with Crippen LogP contribution in [0.2, 0.25) is 0 Å². The van der Waals surface area contributed by atoms with E-state index in [9.17, 15) is 13.2 Å². The molecule has 0 saturated carbocycles. The van der Waals surface area contributed by atoms with E-state index in [0.29, 0.717) is 18.0 Å². The quantitative estimate of drug-likeness (QED) is 0.584. The van der Waals surface area contributed by atoms with Crippen LogP contribution in [0.15, 0.2) is 64.9 Å². The molecule has 0 unspecified atom stereocenters. The third-order valence-electron chi connectivity index (χ3n) is 3.62. The molecule has 7 nitrogen and oxygen atoms in total. The van der Waals surface area contributed by atoms with Gasteiger partial charge < -0.3 is 10.1 Å². The Morgan fingerprint density at radius 1 is 1.11 bits per heavy atom. The van der Waals surface area contributed by atoms with Gasteiger partial charge in [0.2, 0.25) is 5.91 Å². The predicted molar refractivity (Wildman–Crippen MR) is 109 cm³/mol. The summed E-state index contributed by atoms with van der Waals surface area (Å²) in [5.74, 6) is 0.488. The molecule has 2 aromatic carbocycles. The van der Waals surface area contributed by atoms with Crippen molar-refractivity contribution in [2.75, 3.05) is 16.6 Å². The van der Waals surface area contributed by atoms with Crippen LogP contribution in [0.25, 0.3) is 0 Å². The molecule has 0 bridgehead atoms. The number of hydrogen-bond donors (Lipinski definition) is 2. The van der Waals surface area contributed by atoms with E-state index in [-0.39, 0.29) is 22.4 Å². The molecule has 0 aliphatic carbocycles. The molecule has 0 spiro atoms. The maximum absolute atomic E-state index is 12.3. The molecule has 0 aliphatic rings. The number of amides is 1. The summed E-state index contributed by atoms with van der Waals surface area (Å²) in [5, 5.41) is 4.64. The first-order chi connectivity index (χ1) is 13.5. The fourth-order valence-electron chi connectivity index (χ4n) is 2.38. The number of nitrogens with zero attached hydrogens (tertiary/aromatic N) is 1. The Kier molecular flexibility index (Phi) is 6.27. The smallest absolute Gasteiger partial charge is 0.263 e. The van der Waals surface area contributed by atoms with Gasteiger partial charge >= 0.3 is 0 Å². The number of carbonyl (C=O) groups excluding carboxylic acids is 1. The van der Waals surface area contributed by atoms with Gasteiger partial charge in [0.1, 0.15) is 5.75 Å². The molecule has 0 fully saturated rings. The van der Waals surface area contributed by atoms with Crippen molar-refractivity contribution < 1.29 is 17.9 Å². The fourth-order valence-corrected chi connectivity index (χ4v) is 4.36. The zero-order valence-electron chi connectivity index (χ0n) is 15.1. The minimum atomic E-state index is -3.70. The highest BCUT2D eigenvalue weighted by atomic mass is 32.2. The van der Waals surface area contributed by atoms with Gasteiger partial charge in [0, 0.05) is 11.1 Å². The Labute approximate surface area is 167 Å². The van der Waals surface area contributed by atoms with Gasteiger partial charge in [-0.3, -0.25) is 9.52 Å². The van der Waals surface area contributed by atoms with Crippen LogP contribution in [0.1, 0.15) is 12.6 Å². The average molecular weight is 418 g/mol. The van der Waals surface area contributed by atoms with E-state index in [4.69, 9.17) is 4.74 Å². The SMILES string of the molecule is CCOc1ccc(NC(=O)Cc2csc(NS(=O)(=O)c3ccccc3)n2)cc1. The van der Waals surface area contributed by atoms with Gasteiger partial charge in [0.05, 0.1) is 23.6 Å². The van der Waals surface area contributed by atoms with Crippen molar-refractivity contribution >= 4 is 38.1 Å². The van der Waals surface area contributed by atoms with E-state index in [1.165, 1.54) is 12.1 Å². The van der Waals surface area contributed by atoms with Crippen LogP contribution in [-0.4, -0.2) is 25.9 Å². The van der Waals surface area contributed by atoms with Gasteiger partial charge in [-0.15, -0.1) is 11.3 Å². The van der Waals surface area contributed by atoms with Crippen LogP contribution in [0, 0.1) is 0 Å². The van der Waals surface area contributed by atoms with E-state index in [1.54, 1.807) is 47.8 Å². The van der Waals surface area contributed by atoms with E-state index in [1.807, 2.05) is 6.92 Å². The van der Waals surface area contributed by atoms with Crippen LogP contribution in [0.4, 0.5) is 10.8 Å². The Bertz CT molecular complexity index is 1030. The molecular weight excluding hydrogens is 398 g/mol. The molecule has 1 amide bonds. The van der Waals surface area contributed by atoms with Gasteiger partial charge in [-0.2, -0.15) is 0 Å². The normalized spacial score (nSPS) is 11.0.